The zero-order chi connectivity index (χ0) is 24.8. The number of rotatable bonds is 10. The maximum atomic E-state index is 13.7. The van der Waals surface area contributed by atoms with E-state index in [9.17, 15) is 13.2 Å². The van der Waals surface area contributed by atoms with Gasteiger partial charge in [0.2, 0.25) is 5.91 Å². The van der Waals surface area contributed by atoms with Gasteiger partial charge in [-0.15, -0.1) is 0 Å². The van der Waals surface area contributed by atoms with Crippen molar-refractivity contribution in [1.82, 2.24) is 5.32 Å². The number of aryl methyl sites for hydroxylation is 1. The van der Waals surface area contributed by atoms with Crippen molar-refractivity contribution in [2.24, 2.45) is 0 Å². The van der Waals surface area contributed by atoms with Gasteiger partial charge in [-0.1, -0.05) is 60.2 Å². The number of anilines is 1. The highest BCUT2D eigenvalue weighted by Crippen LogP contribution is 2.32. The molecule has 34 heavy (non-hydrogen) atoms. The molecule has 3 aromatic carbocycles. The Labute approximate surface area is 202 Å². The SMILES string of the molecule is CCOc1ccccc1N(CC(=O)NC(C)(C)Cc1ccccc1)S(=O)(=O)c1ccc(C)cc1. The maximum absolute atomic E-state index is 13.7. The van der Waals surface area contributed by atoms with E-state index in [2.05, 4.69) is 5.32 Å². The van der Waals surface area contributed by atoms with Gasteiger partial charge in [0.1, 0.15) is 12.3 Å². The zero-order valence-corrected chi connectivity index (χ0v) is 20.9. The molecule has 0 saturated heterocycles. The van der Waals surface area contributed by atoms with Gasteiger partial charge in [0.15, 0.2) is 0 Å². The normalized spacial score (nSPS) is 11.6. The number of benzene rings is 3. The fraction of sp³-hybridized carbons (Fsp3) is 0.296. The summed E-state index contributed by atoms with van der Waals surface area (Å²) in [6.45, 7) is 7.55. The quantitative estimate of drug-likeness (QED) is 0.455. The van der Waals surface area contributed by atoms with E-state index in [1.165, 1.54) is 0 Å². The van der Waals surface area contributed by atoms with E-state index < -0.39 is 21.5 Å². The molecular weight excluding hydrogens is 448 g/mol. The first-order chi connectivity index (χ1) is 16.1. The Hall–Kier alpha value is -3.32. The van der Waals surface area contributed by atoms with Crippen LogP contribution in [-0.2, 0) is 21.2 Å². The second-order valence-corrected chi connectivity index (χ2v) is 10.7. The smallest absolute Gasteiger partial charge is 0.264 e. The van der Waals surface area contributed by atoms with Crippen LogP contribution in [0.3, 0.4) is 0 Å². The van der Waals surface area contributed by atoms with Crippen LogP contribution in [0.25, 0.3) is 0 Å². The second-order valence-electron chi connectivity index (χ2n) is 8.82. The van der Waals surface area contributed by atoms with Crippen LogP contribution in [0.4, 0.5) is 5.69 Å². The highest BCUT2D eigenvalue weighted by atomic mass is 32.2. The van der Waals surface area contributed by atoms with Crippen molar-refractivity contribution >= 4 is 21.6 Å². The molecular formula is C27H32N2O4S. The topological polar surface area (TPSA) is 75.7 Å². The first-order valence-electron chi connectivity index (χ1n) is 11.3. The van der Waals surface area contributed by atoms with Crippen molar-refractivity contribution in [3.8, 4) is 5.75 Å². The molecule has 0 fully saturated rings. The maximum Gasteiger partial charge on any atom is 0.264 e. The number of nitrogens with zero attached hydrogens (tertiary/aromatic N) is 1. The average Bonchev–Trinajstić information content (AvgIpc) is 2.78. The third kappa shape index (κ3) is 6.38. The van der Waals surface area contributed by atoms with Gasteiger partial charge in [-0.2, -0.15) is 0 Å². The van der Waals surface area contributed by atoms with Crippen molar-refractivity contribution in [1.29, 1.82) is 0 Å². The van der Waals surface area contributed by atoms with Crippen LogP contribution >= 0.6 is 0 Å². The number of ether oxygens (including phenoxy) is 1. The lowest BCUT2D eigenvalue weighted by Crippen LogP contribution is -2.50. The largest absolute Gasteiger partial charge is 0.492 e. The summed E-state index contributed by atoms with van der Waals surface area (Å²) in [7, 11) is -4.03. The van der Waals surface area contributed by atoms with Crippen LogP contribution in [0.15, 0.2) is 83.8 Å². The molecule has 0 heterocycles. The van der Waals surface area contributed by atoms with Crippen LogP contribution in [0.2, 0.25) is 0 Å². The number of hydrogen-bond donors (Lipinski definition) is 1. The summed E-state index contributed by atoms with van der Waals surface area (Å²) in [6, 6.07) is 23.3. The van der Waals surface area contributed by atoms with Gasteiger partial charge in [-0.05, 0) is 63.9 Å². The molecule has 0 radical (unpaired) electrons. The van der Waals surface area contributed by atoms with E-state index in [0.29, 0.717) is 24.5 Å². The molecule has 7 heteroatoms. The van der Waals surface area contributed by atoms with Gasteiger partial charge >= 0.3 is 0 Å². The van der Waals surface area contributed by atoms with Crippen LogP contribution in [-0.4, -0.2) is 33.0 Å². The molecule has 0 spiro atoms. The van der Waals surface area contributed by atoms with E-state index in [1.807, 2.05) is 58.0 Å². The van der Waals surface area contributed by atoms with Gasteiger partial charge in [0.25, 0.3) is 10.0 Å². The van der Waals surface area contributed by atoms with Gasteiger partial charge in [-0.3, -0.25) is 9.10 Å². The van der Waals surface area contributed by atoms with E-state index >= 15 is 0 Å². The van der Waals surface area contributed by atoms with Crippen molar-refractivity contribution in [3.63, 3.8) is 0 Å². The molecule has 1 N–H and O–H groups in total. The highest BCUT2D eigenvalue weighted by Gasteiger charge is 2.31. The van der Waals surface area contributed by atoms with Crippen LogP contribution in [0, 0.1) is 6.92 Å². The lowest BCUT2D eigenvalue weighted by atomic mass is 9.95. The van der Waals surface area contributed by atoms with Gasteiger partial charge in [-0.25, -0.2) is 8.42 Å². The molecule has 0 bridgehead atoms. The van der Waals surface area contributed by atoms with Gasteiger partial charge < -0.3 is 10.1 Å². The molecule has 0 aromatic heterocycles. The van der Waals surface area contributed by atoms with Crippen molar-refractivity contribution in [3.05, 3.63) is 90.0 Å². The number of amides is 1. The van der Waals surface area contributed by atoms with E-state index in [4.69, 9.17) is 4.74 Å². The second kappa shape index (κ2) is 10.7. The van der Waals surface area contributed by atoms with E-state index in [1.54, 1.807) is 48.5 Å². The lowest BCUT2D eigenvalue weighted by molar-refractivity contribution is -0.121. The molecule has 180 valence electrons. The summed E-state index contributed by atoms with van der Waals surface area (Å²) >= 11 is 0. The average molecular weight is 481 g/mol. The number of nitrogens with one attached hydrogen (secondary N) is 1. The summed E-state index contributed by atoms with van der Waals surface area (Å²) < 4.78 is 34.2. The third-order valence-electron chi connectivity index (χ3n) is 5.30. The molecule has 0 aliphatic rings. The standard InChI is InChI=1S/C27H32N2O4S/c1-5-33-25-14-10-9-13-24(25)29(34(31,32)23-17-15-21(2)16-18-23)20-26(30)28-27(3,4)19-22-11-7-6-8-12-22/h6-18H,5,19-20H2,1-4H3,(H,28,30). The van der Waals surface area contributed by atoms with Crippen LogP contribution in [0.5, 0.6) is 5.75 Å². The molecule has 0 unspecified atom stereocenters. The molecule has 0 saturated carbocycles. The minimum absolute atomic E-state index is 0.112. The van der Waals surface area contributed by atoms with Gasteiger partial charge in [0, 0.05) is 5.54 Å². The van der Waals surface area contributed by atoms with Crippen LogP contribution < -0.4 is 14.4 Å². The molecule has 3 aromatic rings. The Balaban J connectivity index is 1.93. The zero-order valence-electron chi connectivity index (χ0n) is 20.1. The Morgan fingerprint density at radius 2 is 1.56 bits per heavy atom. The fourth-order valence-corrected chi connectivity index (χ4v) is 5.21. The van der Waals surface area contributed by atoms with Crippen molar-refractivity contribution in [2.45, 2.75) is 44.6 Å². The molecule has 3 rings (SSSR count). The summed E-state index contributed by atoms with van der Waals surface area (Å²) in [6.07, 6.45) is 0.611. The minimum atomic E-state index is -4.03. The molecule has 6 nitrogen and oxygen atoms in total. The van der Waals surface area contributed by atoms with E-state index in [0.717, 1.165) is 15.4 Å². The predicted octanol–water partition coefficient (Wildman–Crippen LogP) is 4.73. The van der Waals surface area contributed by atoms with Crippen molar-refractivity contribution in [2.75, 3.05) is 17.5 Å². The Kier molecular flexibility index (Phi) is 7.99. The van der Waals surface area contributed by atoms with Crippen LogP contribution in [0.1, 0.15) is 31.9 Å². The number of para-hydroxylation sites is 2. The van der Waals surface area contributed by atoms with Crippen molar-refractivity contribution < 1.29 is 17.9 Å². The monoisotopic (exact) mass is 480 g/mol. The number of hydrogen-bond acceptors (Lipinski definition) is 4. The first kappa shape index (κ1) is 25.3. The molecule has 0 aliphatic heterocycles. The Morgan fingerprint density at radius 1 is 0.941 bits per heavy atom. The Bertz CT molecular complexity index is 1210. The molecule has 0 aliphatic carbocycles. The summed E-state index contributed by atoms with van der Waals surface area (Å²) in [5.74, 6) is -0.0000447. The lowest BCUT2D eigenvalue weighted by Gasteiger charge is -2.30. The minimum Gasteiger partial charge on any atom is -0.492 e. The summed E-state index contributed by atoms with van der Waals surface area (Å²) in [4.78, 5) is 13.3. The predicted molar refractivity (Wildman–Crippen MR) is 136 cm³/mol. The summed E-state index contributed by atoms with van der Waals surface area (Å²) in [5.41, 5.74) is 1.78. The number of carbonyl (C=O) groups is 1. The third-order valence-corrected chi connectivity index (χ3v) is 7.07. The number of sulfonamides is 1. The molecule has 1 amide bonds. The molecule has 0 atom stereocenters. The fourth-order valence-electron chi connectivity index (χ4n) is 3.78. The Morgan fingerprint density at radius 3 is 2.21 bits per heavy atom. The van der Waals surface area contributed by atoms with E-state index in [-0.39, 0.29) is 11.4 Å². The number of carbonyl (C=O) groups excluding carboxylic acids is 1. The summed E-state index contributed by atoms with van der Waals surface area (Å²) in [5, 5.41) is 3.00. The highest BCUT2D eigenvalue weighted by molar-refractivity contribution is 7.92. The van der Waals surface area contributed by atoms with Gasteiger partial charge in [0.05, 0.1) is 17.2 Å². The first-order valence-corrected chi connectivity index (χ1v) is 12.7.